The maximum Gasteiger partial charge on any atom is 0.247 e. The molecule has 0 unspecified atom stereocenters. The van der Waals surface area contributed by atoms with Crippen LogP contribution in [0, 0.1) is 5.82 Å². The zero-order valence-corrected chi connectivity index (χ0v) is 21.6. The smallest absolute Gasteiger partial charge is 0.247 e. The lowest BCUT2D eigenvalue weighted by atomic mass is 10.1. The quantitative estimate of drug-likeness (QED) is 0.320. The highest BCUT2D eigenvalue weighted by molar-refractivity contribution is 6.31. The van der Waals surface area contributed by atoms with Crippen molar-refractivity contribution in [2.45, 2.75) is 6.54 Å². The summed E-state index contributed by atoms with van der Waals surface area (Å²) in [5.41, 5.74) is 10.2. The summed E-state index contributed by atoms with van der Waals surface area (Å²) in [6.07, 6.45) is 2.60. The Balaban J connectivity index is 1.75. The molecule has 2 aromatic heterocycles. The molecule has 4 rings (SSSR count). The first-order valence-corrected chi connectivity index (χ1v) is 11.9. The van der Waals surface area contributed by atoms with Crippen LogP contribution in [-0.4, -0.2) is 64.8 Å². The molecule has 4 aromatic rings. The van der Waals surface area contributed by atoms with Crippen LogP contribution < -0.4 is 16.0 Å². The summed E-state index contributed by atoms with van der Waals surface area (Å²) < 4.78 is 15.5. The Kier molecular flexibility index (Phi) is 7.70. The van der Waals surface area contributed by atoms with Crippen molar-refractivity contribution in [1.29, 1.82) is 0 Å². The number of nitrogen functional groups attached to an aromatic ring is 1. The number of hydrogen-bond donors (Lipinski definition) is 2. The zero-order valence-electron chi connectivity index (χ0n) is 20.9. The first-order valence-electron chi connectivity index (χ1n) is 11.5. The van der Waals surface area contributed by atoms with Gasteiger partial charge >= 0.3 is 0 Å². The Hall–Kier alpha value is -4.02. The third-order valence-corrected chi connectivity index (χ3v) is 6.17. The SMILES string of the molecule is C=CC(=O)Nc1cc(Cn2nc(-c3ccc(F)c(Cl)c3)c3c(N)ncnc32)ccc1N(C)CCN(C)C. The number of rotatable bonds is 9. The molecule has 9 nitrogen and oxygen atoms in total. The second kappa shape index (κ2) is 10.9. The number of aromatic nitrogens is 4. The predicted molar refractivity (Wildman–Crippen MR) is 146 cm³/mol. The van der Waals surface area contributed by atoms with Gasteiger partial charge in [0.05, 0.1) is 28.3 Å². The van der Waals surface area contributed by atoms with Gasteiger partial charge in [-0.25, -0.2) is 19.0 Å². The molecule has 2 heterocycles. The molecule has 0 radical (unpaired) electrons. The van der Waals surface area contributed by atoms with Crippen LogP contribution in [0.3, 0.4) is 0 Å². The van der Waals surface area contributed by atoms with E-state index in [4.69, 9.17) is 22.4 Å². The first kappa shape index (κ1) is 26.1. The Morgan fingerprint density at radius 2 is 1.97 bits per heavy atom. The fourth-order valence-corrected chi connectivity index (χ4v) is 4.11. The number of nitrogens with zero attached hydrogens (tertiary/aromatic N) is 6. The maximum absolute atomic E-state index is 13.8. The number of hydrogen-bond acceptors (Lipinski definition) is 7. The van der Waals surface area contributed by atoms with Gasteiger partial charge in [0.15, 0.2) is 5.65 Å². The number of amides is 1. The van der Waals surface area contributed by atoms with Crippen molar-refractivity contribution >= 4 is 45.7 Å². The number of benzene rings is 2. The van der Waals surface area contributed by atoms with Gasteiger partial charge in [0.1, 0.15) is 23.7 Å². The fraction of sp³-hybridized carbons (Fsp3) is 0.231. The molecule has 0 saturated heterocycles. The monoisotopic (exact) mass is 522 g/mol. The van der Waals surface area contributed by atoms with Crippen molar-refractivity contribution in [3.05, 3.63) is 71.8 Å². The topological polar surface area (TPSA) is 105 Å². The maximum atomic E-state index is 13.8. The molecule has 11 heteroatoms. The molecule has 3 N–H and O–H groups in total. The highest BCUT2D eigenvalue weighted by Gasteiger charge is 2.19. The summed E-state index contributed by atoms with van der Waals surface area (Å²) in [4.78, 5) is 24.9. The van der Waals surface area contributed by atoms with E-state index in [1.54, 1.807) is 10.7 Å². The second-order valence-corrected chi connectivity index (χ2v) is 9.27. The van der Waals surface area contributed by atoms with E-state index in [9.17, 15) is 9.18 Å². The normalized spacial score (nSPS) is 11.2. The minimum absolute atomic E-state index is 0.0211. The summed E-state index contributed by atoms with van der Waals surface area (Å²) in [6, 6.07) is 10.2. The minimum Gasteiger partial charge on any atom is -0.383 e. The zero-order chi connectivity index (χ0) is 26.7. The Bertz CT molecular complexity index is 1470. The van der Waals surface area contributed by atoms with Crippen molar-refractivity contribution in [2.24, 2.45) is 0 Å². The molecule has 0 fully saturated rings. The van der Waals surface area contributed by atoms with Crippen molar-refractivity contribution in [3.8, 4) is 11.3 Å². The Morgan fingerprint density at radius 3 is 2.68 bits per heavy atom. The van der Waals surface area contributed by atoms with Crippen molar-refractivity contribution in [3.63, 3.8) is 0 Å². The van der Waals surface area contributed by atoms with Crippen LogP contribution in [0.5, 0.6) is 0 Å². The number of carbonyl (C=O) groups is 1. The molecular formula is C26H28ClFN8O. The van der Waals surface area contributed by atoms with Crippen LogP contribution in [0.2, 0.25) is 5.02 Å². The third-order valence-electron chi connectivity index (χ3n) is 5.88. The Morgan fingerprint density at radius 1 is 1.19 bits per heavy atom. The average Bonchev–Trinajstić information content (AvgIpc) is 3.23. The molecule has 0 aliphatic carbocycles. The van der Waals surface area contributed by atoms with E-state index in [0.29, 0.717) is 34.5 Å². The van der Waals surface area contributed by atoms with Gasteiger partial charge in [-0.05, 0) is 56.1 Å². The van der Waals surface area contributed by atoms with Crippen molar-refractivity contribution in [2.75, 3.05) is 50.2 Å². The van der Waals surface area contributed by atoms with Gasteiger partial charge < -0.3 is 20.9 Å². The van der Waals surface area contributed by atoms with Gasteiger partial charge in [-0.3, -0.25) is 4.79 Å². The number of carbonyl (C=O) groups excluding carboxylic acids is 1. The summed E-state index contributed by atoms with van der Waals surface area (Å²) in [7, 11) is 6.00. The lowest BCUT2D eigenvalue weighted by molar-refractivity contribution is -0.111. The highest BCUT2D eigenvalue weighted by atomic mass is 35.5. The van der Waals surface area contributed by atoms with Crippen molar-refractivity contribution in [1.82, 2.24) is 24.6 Å². The molecule has 0 atom stereocenters. The molecular weight excluding hydrogens is 495 g/mol. The van der Waals surface area contributed by atoms with E-state index in [-0.39, 0.29) is 16.7 Å². The first-order chi connectivity index (χ1) is 17.7. The van der Waals surface area contributed by atoms with Crippen LogP contribution in [0.4, 0.5) is 21.6 Å². The van der Waals surface area contributed by atoms with E-state index in [1.807, 2.05) is 39.3 Å². The van der Waals surface area contributed by atoms with Crippen LogP contribution in [-0.2, 0) is 11.3 Å². The molecule has 37 heavy (non-hydrogen) atoms. The molecule has 0 spiro atoms. The van der Waals surface area contributed by atoms with Gasteiger partial charge in [-0.15, -0.1) is 0 Å². The van der Waals surface area contributed by atoms with Gasteiger partial charge in [0, 0.05) is 25.7 Å². The number of fused-ring (bicyclic) bond motifs is 1. The minimum atomic E-state index is -0.525. The lowest BCUT2D eigenvalue weighted by Crippen LogP contribution is -2.29. The van der Waals surface area contributed by atoms with Gasteiger partial charge in [-0.1, -0.05) is 24.2 Å². The number of nitrogens with two attached hydrogens (primary N) is 1. The van der Waals surface area contributed by atoms with Crippen LogP contribution in [0.1, 0.15) is 5.56 Å². The van der Waals surface area contributed by atoms with Crippen LogP contribution >= 0.6 is 11.6 Å². The standard InChI is InChI=1S/C26H28ClFN8O/c1-5-22(37)32-20-12-16(6-9-21(20)35(4)11-10-34(2)3)14-36-26-23(25(29)30-15-31-26)24(33-36)17-7-8-19(28)18(27)13-17/h5-9,12-13,15H,1,10-11,14H2,2-4H3,(H,32,37)(H2,29,30,31). The van der Waals surface area contributed by atoms with Gasteiger partial charge in [-0.2, -0.15) is 5.10 Å². The predicted octanol–water partition coefficient (Wildman–Crippen LogP) is 4.04. The number of halogens is 2. The summed E-state index contributed by atoms with van der Waals surface area (Å²) in [6.45, 7) is 5.52. The van der Waals surface area contributed by atoms with E-state index in [0.717, 1.165) is 24.3 Å². The highest BCUT2D eigenvalue weighted by Crippen LogP contribution is 2.33. The summed E-state index contributed by atoms with van der Waals surface area (Å²) in [5.74, 6) is -0.577. The molecule has 2 aromatic carbocycles. The number of nitrogens with one attached hydrogen (secondary N) is 1. The molecule has 1 amide bonds. The van der Waals surface area contributed by atoms with Crippen LogP contribution in [0.25, 0.3) is 22.3 Å². The van der Waals surface area contributed by atoms with E-state index >= 15 is 0 Å². The van der Waals surface area contributed by atoms with E-state index in [2.05, 4.69) is 31.7 Å². The third kappa shape index (κ3) is 5.71. The second-order valence-electron chi connectivity index (χ2n) is 8.86. The van der Waals surface area contributed by atoms with Crippen molar-refractivity contribution < 1.29 is 9.18 Å². The fourth-order valence-electron chi connectivity index (χ4n) is 3.93. The van der Waals surface area contributed by atoms with Gasteiger partial charge in [0.2, 0.25) is 5.91 Å². The molecule has 0 aliphatic rings. The van der Waals surface area contributed by atoms with E-state index in [1.165, 1.54) is 24.5 Å². The van der Waals surface area contributed by atoms with Crippen LogP contribution in [0.15, 0.2) is 55.4 Å². The molecule has 0 saturated carbocycles. The molecule has 192 valence electrons. The average molecular weight is 523 g/mol. The Labute approximate surface area is 219 Å². The number of likely N-dealkylation sites (N-methyl/N-ethyl adjacent to an activating group) is 2. The number of anilines is 3. The summed E-state index contributed by atoms with van der Waals surface area (Å²) >= 11 is 6.02. The lowest BCUT2D eigenvalue weighted by Gasteiger charge is -2.24. The van der Waals surface area contributed by atoms with E-state index < -0.39 is 5.82 Å². The molecule has 0 bridgehead atoms. The van der Waals surface area contributed by atoms with Gasteiger partial charge in [0.25, 0.3) is 0 Å². The largest absolute Gasteiger partial charge is 0.383 e. The summed E-state index contributed by atoms with van der Waals surface area (Å²) in [5, 5.41) is 8.16. The molecule has 0 aliphatic heterocycles.